The van der Waals surface area contributed by atoms with Gasteiger partial charge in [0.05, 0.1) is 18.3 Å². The summed E-state index contributed by atoms with van der Waals surface area (Å²) in [4.78, 5) is 14.6. The van der Waals surface area contributed by atoms with E-state index in [0.717, 1.165) is 14.8 Å². The van der Waals surface area contributed by atoms with Gasteiger partial charge in [0, 0.05) is 29.4 Å². The number of hydrogen-bond donors (Lipinski definition) is 1. The molecule has 0 bridgehead atoms. The standard InChI is InChI=1S/C19H19IN4O/c1-23(2)15-9-7-14(8-10-15)13-24-18(11-12-21-24)22-19(25)16-5-3-4-6-17(16)20/h3-12H,13H2,1-2H3,(H,22,25). The number of hydrogen-bond acceptors (Lipinski definition) is 3. The molecule has 0 fully saturated rings. The highest BCUT2D eigenvalue weighted by molar-refractivity contribution is 14.1. The van der Waals surface area contributed by atoms with Crippen LogP contribution in [0.5, 0.6) is 0 Å². The molecule has 6 heteroatoms. The molecule has 1 aromatic heterocycles. The van der Waals surface area contributed by atoms with E-state index >= 15 is 0 Å². The molecule has 1 amide bonds. The molecule has 1 N–H and O–H groups in total. The highest BCUT2D eigenvalue weighted by Gasteiger charge is 2.12. The summed E-state index contributed by atoms with van der Waals surface area (Å²) < 4.78 is 2.71. The van der Waals surface area contributed by atoms with Crippen molar-refractivity contribution in [1.29, 1.82) is 0 Å². The Bertz CT molecular complexity index is 871. The normalized spacial score (nSPS) is 10.5. The Morgan fingerprint density at radius 1 is 1.12 bits per heavy atom. The van der Waals surface area contributed by atoms with Gasteiger partial charge in [0.2, 0.25) is 0 Å². The van der Waals surface area contributed by atoms with E-state index in [0.29, 0.717) is 17.9 Å². The first-order valence-electron chi connectivity index (χ1n) is 7.88. The average molecular weight is 446 g/mol. The summed E-state index contributed by atoms with van der Waals surface area (Å²) >= 11 is 2.17. The Labute approximate surface area is 160 Å². The molecule has 0 atom stereocenters. The summed E-state index contributed by atoms with van der Waals surface area (Å²) in [6.07, 6.45) is 1.69. The third-order valence-electron chi connectivity index (χ3n) is 3.86. The van der Waals surface area contributed by atoms with Gasteiger partial charge in [-0.3, -0.25) is 4.79 Å². The summed E-state index contributed by atoms with van der Waals surface area (Å²) in [6, 6.07) is 17.6. The molecule has 25 heavy (non-hydrogen) atoms. The number of halogens is 1. The topological polar surface area (TPSA) is 50.2 Å². The van der Waals surface area contributed by atoms with Crippen LogP contribution in [0.25, 0.3) is 0 Å². The Kier molecular flexibility index (Phi) is 5.37. The van der Waals surface area contributed by atoms with Crippen molar-refractivity contribution in [3.05, 3.63) is 75.5 Å². The fourth-order valence-electron chi connectivity index (χ4n) is 2.47. The van der Waals surface area contributed by atoms with Gasteiger partial charge in [-0.2, -0.15) is 5.10 Å². The van der Waals surface area contributed by atoms with Crippen molar-refractivity contribution in [2.75, 3.05) is 24.3 Å². The highest BCUT2D eigenvalue weighted by Crippen LogP contribution is 2.17. The summed E-state index contributed by atoms with van der Waals surface area (Å²) in [7, 11) is 4.03. The Balaban J connectivity index is 1.74. The molecular formula is C19H19IN4O. The van der Waals surface area contributed by atoms with E-state index < -0.39 is 0 Å². The molecule has 3 rings (SSSR count). The second kappa shape index (κ2) is 7.69. The Morgan fingerprint density at radius 2 is 1.84 bits per heavy atom. The number of aromatic nitrogens is 2. The molecule has 0 saturated carbocycles. The zero-order valence-electron chi connectivity index (χ0n) is 14.1. The molecule has 1 heterocycles. The van der Waals surface area contributed by atoms with Gasteiger partial charge in [0.15, 0.2) is 0 Å². The minimum Gasteiger partial charge on any atom is -0.378 e. The van der Waals surface area contributed by atoms with Gasteiger partial charge in [0.25, 0.3) is 5.91 Å². The van der Waals surface area contributed by atoms with Crippen molar-refractivity contribution in [3.8, 4) is 0 Å². The van der Waals surface area contributed by atoms with E-state index in [1.165, 1.54) is 0 Å². The second-order valence-electron chi connectivity index (χ2n) is 5.87. The molecule has 128 valence electrons. The van der Waals surface area contributed by atoms with E-state index in [1.807, 2.05) is 44.4 Å². The quantitative estimate of drug-likeness (QED) is 0.606. The monoisotopic (exact) mass is 446 g/mol. The van der Waals surface area contributed by atoms with Gasteiger partial charge in [-0.05, 0) is 52.4 Å². The van der Waals surface area contributed by atoms with E-state index in [9.17, 15) is 4.79 Å². The molecular weight excluding hydrogens is 427 g/mol. The van der Waals surface area contributed by atoms with Crippen molar-refractivity contribution < 1.29 is 4.79 Å². The van der Waals surface area contributed by atoms with Gasteiger partial charge < -0.3 is 10.2 Å². The second-order valence-corrected chi connectivity index (χ2v) is 7.03. The largest absolute Gasteiger partial charge is 0.378 e. The third-order valence-corrected chi connectivity index (χ3v) is 4.80. The summed E-state index contributed by atoms with van der Waals surface area (Å²) in [6.45, 7) is 0.599. The fourth-order valence-corrected chi connectivity index (χ4v) is 3.10. The molecule has 0 unspecified atom stereocenters. The number of amides is 1. The molecule has 0 aliphatic heterocycles. The van der Waals surface area contributed by atoms with Gasteiger partial charge >= 0.3 is 0 Å². The fraction of sp³-hybridized carbons (Fsp3) is 0.158. The predicted octanol–water partition coefficient (Wildman–Crippen LogP) is 3.85. The van der Waals surface area contributed by atoms with Crippen LogP contribution in [0.3, 0.4) is 0 Å². The van der Waals surface area contributed by atoms with Crippen LogP contribution < -0.4 is 10.2 Å². The van der Waals surface area contributed by atoms with Gasteiger partial charge in [-0.15, -0.1) is 0 Å². The molecule has 3 aromatic rings. The zero-order valence-corrected chi connectivity index (χ0v) is 16.3. The minimum atomic E-state index is -0.130. The lowest BCUT2D eigenvalue weighted by Gasteiger charge is -2.13. The number of carbonyl (C=O) groups excluding carboxylic acids is 1. The van der Waals surface area contributed by atoms with E-state index in [2.05, 4.69) is 62.2 Å². The molecule has 0 aliphatic carbocycles. The van der Waals surface area contributed by atoms with Crippen LogP contribution in [0, 0.1) is 3.57 Å². The number of rotatable bonds is 5. The van der Waals surface area contributed by atoms with Crippen LogP contribution >= 0.6 is 22.6 Å². The first-order valence-corrected chi connectivity index (χ1v) is 8.96. The Hall–Kier alpha value is -2.35. The minimum absolute atomic E-state index is 0.130. The maximum atomic E-state index is 12.5. The van der Waals surface area contributed by atoms with Crippen LogP contribution in [-0.4, -0.2) is 29.8 Å². The molecule has 0 radical (unpaired) electrons. The van der Waals surface area contributed by atoms with Crippen LogP contribution in [0.1, 0.15) is 15.9 Å². The van der Waals surface area contributed by atoms with Crippen molar-refractivity contribution in [2.45, 2.75) is 6.54 Å². The smallest absolute Gasteiger partial charge is 0.257 e. The van der Waals surface area contributed by atoms with Gasteiger partial charge in [0.1, 0.15) is 5.82 Å². The number of carbonyl (C=O) groups is 1. The number of nitrogens with one attached hydrogen (secondary N) is 1. The van der Waals surface area contributed by atoms with Gasteiger partial charge in [-0.25, -0.2) is 4.68 Å². The van der Waals surface area contributed by atoms with Crippen molar-refractivity contribution >= 4 is 40.0 Å². The molecule has 5 nitrogen and oxygen atoms in total. The first kappa shape index (κ1) is 17.5. The van der Waals surface area contributed by atoms with Crippen molar-refractivity contribution in [1.82, 2.24) is 9.78 Å². The lowest BCUT2D eigenvalue weighted by molar-refractivity contribution is 0.102. The summed E-state index contributed by atoms with van der Waals surface area (Å²) in [5.74, 6) is 0.552. The van der Waals surface area contributed by atoms with E-state index in [1.54, 1.807) is 10.9 Å². The maximum absolute atomic E-state index is 12.5. The number of nitrogens with zero attached hydrogens (tertiary/aromatic N) is 3. The summed E-state index contributed by atoms with van der Waals surface area (Å²) in [5, 5.41) is 7.27. The number of benzene rings is 2. The lowest BCUT2D eigenvalue weighted by Crippen LogP contribution is -2.17. The molecule has 0 spiro atoms. The van der Waals surface area contributed by atoms with E-state index in [-0.39, 0.29) is 5.91 Å². The van der Waals surface area contributed by atoms with Gasteiger partial charge in [-0.1, -0.05) is 24.3 Å². The van der Waals surface area contributed by atoms with Crippen molar-refractivity contribution in [3.63, 3.8) is 0 Å². The van der Waals surface area contributed by atoms with Crippen LogP contribution in [0.2, 0.25) is 0 Å². The molecule has 0 aliphatic rings. The lowest BCUT2D eigenvalue weighted by atomic mass is 10.2. The Morgan fingerprint density at radius 3 is 2.52 bits per heavy atom. The van der Waals surface area contributed by atoms with Crippen LogP contribution in [-0.2, 0) is 6.54 Å². The SMILES string of the molecule is CN(C)c1ccc(Cn2nccc2NC(=O)c2ccccc2I)cc1. The van der Waals surface area contributed by atoms with Crippen LogP contribution in [0.15, 0.2) is 60.8 Å². The average Bonchev–Trinajstić information content (AvgIpc) is 3.02. The van der Waals surface area contributed by atoms with Crippen LogP contribution in [0.4, 0.5) is 11.5 Å². The maximum Gasteiger partial charge on any atom is 0.257 e. The number of anilines is 2. The molecule has 0 saturated heterocycles. The predicted molar refractivity (Wildman–Crippen MR) is 109 cm³/mol. The molecule has 2 aromatic carbocycles. The van der Waals surface area contributed by atoms with Crippen molar-refractivity contribution in [2.24, 2.45) is 0 Å². The zero-order chi connectivity index (χ0) is 17.8. The first-order chi connectivity index (χ1) is 12.0. The van der Waals surface area contributed by atoms with E-state index in [4.69, 9.17) is 0 Å². The summed E-state index contributed by atoms with van der Waals surface area (Å²) in [5.41, 5.74) is 2.93. The third kappa shape index (κ3) is 4.19. The highest BCUT2D eigenvalue weighted by atomic mass is 127.